The van der Waals surface area contributed by atoms with Crippen molar-refractivity contribution in [1.29, 1.82) is 0 Å². The molecule has 2 aromatic heterocycles. The van der Waals surface area contributed by atoms with Crippen LogP contribution >= 0.6 is 27.7 Å². The molecule has 0 radical (unpaired) electrons. The second-order valence-corrected chi connectivity index (χ2v) is 8.90. The molecule has 0 bridgehead atoms. The maximum atomic E-state index is 12.4. The van der Waals surface area contributed by atoms with E-state index in [0.29, 0.717) is 24.6 Å². The van der Waals surface area contributed by atoms with E-state index >= 15 is 0 Å². The summed E-state index contributed by atoms with van der Waals surface area (Å²) >= 11 is 5.24. The van der Waals surface area contributed by atoms with E-state index in [1.54, 1.807) is 34.5 Å². The van der Waals surface area contributed by atoms with Gasteiger partial charge in [-0.3, -0.25) is 0 Å². The number of carbonyl (C=O) groups is 1. The molecule has 1 saturated heterocycles. The molecule has 3 rings (SSSR count). The van der Waals surface area contributed by atoms with E-state index < -0.39 is 5.60 Å². The number of carbonyl (C=O) groups excluding carboxylic acids is 1. The molecule has 0 aliphatic carbocycles. The Morgan fingerprint density at radius 1 is 1.44 bits per heavy atom. The molecule has 1 aliphatic rings. The highest BCUT2D eigenvalue weighted by molar-refractivity contribution is 9.10. The van der Waals surface area contributed by atoms with E-state index in [1.165, 1.54) is 0 Å². The Balaban J connectivity index is 1.85. The number of nitrogens with zero attached hydrogens (tertiary/aromatic N) is 4. The van der Waals surface area contributed by atoms with Crippen LogP contribution in [0.15, 0.2) is 16.7 Å². The molecule has 1 amide bonds. The van der Waals surface area contributed by atoms with Crippen molar-refractivity contribution in [3.8, 4) is 5.88 Å². The second-order valence-electron chi connectivity index (χ2n) is 6.74. The van der Waals surface area contributed by atoms with E-state index in [-0.39, 0.29) is 11.3 Å². The third kappa shape index (κ3) is 4.03. The third-order valence-corrected chi connectivity index (χ3v) is 5.44. The van der Waals surface area contributed by atoms with Crippen LogP contribution in [-0.2, 0) is 4.74 Å². The van der Waals surface area contributed by atoms with Crippen molar-refractivity contribution in [2.75, 3.05) is 26.0 Å². The molecule has 136 valence electrons. The molecular formula is C16H21BrN4O3S. The van der Waals surface area contributed by atoms with Crippen molar-refractivity contribution in [3.63, 3.8) is 0 Å². The molecule has 2 aromatic rings. The molecule has 7 nitrogen and oxygen atoms in total. The van der Waals surface area contributed by atoms with E-state index in [4.69, 9.17) is 14.5 Å². The summed E-state index contributed by atoms with van der Waals surface area (Å²) in [5, 5.41) is 4.31. The van der Waals surface area contributed by atoms with Crippen LogP contribution in [0.1, 0.15) is 31.7 Å². The van der Waals surface area contributed by atoms with Gasteiger partial charge in [-0.2, -0.15) is 9.61 Å². The molecule has 1 atom stereocenters. The Kier molecular flexibility index (Phi) is 5.15. The fraction of sp³-hybridized carbons (Fsp3) is 0.562. The minimum absolute atomic E-state index is 0.0574. The van der Waals surface area contributed by atoms with Crippen LogP contribution in [0, 0.1) is 0 Å². The SMILES string of the molecule is COc1cc(C2CN(C(=O)OC(C)(C)C)CCS2)nc2c(Br)cnn12. The Bertz CT molecular complexity index is 790. The van der Waals surface area contributed by atoms with Crippen LogP contribution in [0.5, 0.6) is 5.88 Å². The average Bonchev–Trinajstić information content (AvgIpc) is 2.94. The van der Waals surface area contributed by atoms with Gasteiger partial charge in [-0.05, 0) is 36.7 Å². The molecule has 0 spiro atoms. The molecule has 0 N–H and O–H groups in total. The zero-order chi connectivity index (χ0) is 18.2. The lowest BCUT2D eigenvalue weighted by molar-refractivity contribution is 0.0256. The van der Waals surface area contributed by atoms with E-state index in [1.807, 2.05) is 26.8 Å². The van der Waals surface area contributed by atoms with Crippen LogP contribution in [0.3, 0.4) is 0 Å². The van der Waals surface area contributed by atoms with Gasteiger partial charge < -0.3 is 14.4 Å². The Morgan fingerprint density at radius 2 is 2.20 bits per heavy atom. The van der Waals surface area contributed by atoms with E-state index in [2.05, 4.69) is 21.0 Å². The molecule has 25 heavy (non-hydrogen) atoms. The zero-order valence-electron chi connectivity index (χ0n) is 14.7. The lowest BCUT2D eigenvalue weighted by Gasteiger charge is -2.33. The molecule has 9 heteroatoms. The number of hydrogen-bond acceptors (Lipinski definition) is 6. The van der Waals surface area contributed by atoms with Crippen molar-refractivity contribution in [2.24, 2.45) is 0 Å². The Labute approximate surface area is 159 Å². The van der Waals surface area contributed by atoms with Gasteiger partial charge in [0.05, 0.1) is 28.7 Å². The third-order valence-electron chi connectivity index (χ3n) is 3.67. The molecule has 1 aliphatic heterocycles. The molecule has 0 aromatic carbocycles. The first kappa shape index (κ1) is 18.3. The summed E-state index contributed by atoms with van der Waals surface area (Å²) in [4.78, 5) is 18.8. The number of ether oxygens (including phenoxy) is 2. The smallest absolute Gasteiger partial charge is 0.410 e. The Morgan fingerprint density at radius 3 is 2.88 bits per heavy atom. The quantitative estimate of drug-likeness (QED) is 0.728. The number of aromatic nitrogens is 3. The predicted molar refractivity (Wildman–Crippen MR) is 100 cm³/mol. The first-order chi connectivity index (χ1) is 11.8. The van der Waals surface area contributed by atoms with Gasteiger partial charge in [0, 0.05) is 24.9 Å². The number of halogens is 1. The van der Waals surface area contributed by atoms with Gasteiger partial charge in [0.1, 0.15) is 5.60 Å². The fourth-order valence-corrected chi connectivity index (χ4v) is 4.09. The van der Waals surface area contributed by atoms with Gasteiger partial charge in [0.15, 0.2) is 5.65 Å². The van der Waals surface area contributed by atoms with Gasteiger partial charge >= 0.3 is 6.09 Å². The van der Waals surface area contributed by atoms with Crippen molar-refractivity contribution in [3.05, 3.63) is 22.4 Å². The highest BCUT2D eigenvalue weighted by atomic mass is 79.9. The lowest BCUT2D eigenvalue weighted by Crippen LogP contribution is -2.42. The van der Waals surface area contributed by atoms with Crippen molar-refractivity contribution in [1.82, 2.24) is 19.5 Å². The summed E-state index contributed by atoms with van der Waals surface area (Å²) in [6.07, 6.45) is 1.41. The number of hydrogen-bond donors (Lipinski definition) is 0. The van der Waals surface area contributed by atoms with Gasteiger partial charge in [-0.15, -0.1) is 11.8 Å². The van der Waals surface area contributed by atoms with E-state index in [9.17, 15) is 4.79 Å². The van der Waals surface area contributed by atoms with Gasteiger partial charge in [-0.25, -0.2) is 9.78 Å². The summed E-state index contributed by atoms with van der Waals surface area (Å²) in [7, 11) is 1.61. The number of methoxy groups -OCH3 is 1. The minimum Gasteiger partial charge on any atom is -0.481 e. The normalized spacial score (nSPS) is 18.4. The fourth-order valence-electron chi connectivity index (χ4n) is 2.56. The first-order valence-corrected chi connectivity index (χ1v) is 9.80. The molecule has 3 heterocycles. The van der Waals surface area contributed by atoms with Crippen molar-refractivity contribution < 1.29 is 14.3 Å². The van der Waals surface area contributed by atoms with Crippen LogP contribution in [0.4, 0.5) is 4.79 Å². The zero-order valence-corrected chi connectivity index (χ0v) is 17.1. The Hall–Kier alpha value is -1.48. The maximum absolute atomic E-state index is 12.4. The summed E-state index contributed by atoms with van der Waals surface area (Å²) in [5.41, 5.74) is 1.06. The van der Waals surface area contributed by atoms with Gasteiger partial charge in [-0.1, -0.05) is 0 Å². The minimum atomic E-state index is -0.500. The predicted octanol–water partition coefficient (Wildman–Crippen LogP) is 3.53. The first-order valence-electron chi connectivity index (χ1n) is 7.96. The number of amides is 1. The largest absolute Gasteiger partial charge is 0.481 e. The summed E-state index contributed by atoms with van der Waals surface area (Å²) in [6.45, 7) is 6.85. The topological polar surface area (TPSA) is 69.0 Å². The monoisotopic (exact) mass is 428 g/mol. The maximum Gasteiger partial charge on any atom is 0.410 e. The number of fused-ring (bicyclic) bond motifs is 1. The lowest BCUT2D eigenvalue weighted by atomic mass is 10.2. The van der Waals surface area contributed by atoms with Crippen molar-refractivity contribution >= 4 is 39.4 Å². The summed E-state index contributed by atoms with van der Waals surface area (Å²) in [5.74, 6) is 1.44. The van der Waals surface area contributed by atoms with Crippen LogP contribution in [-0.4, -0.2) is 57.1 Å². The standard InChI is InChI=1S/C16H21BrN4O3S/c1-16(2,3)24-15(22)20-5-6-25-12(9-20)11-7-13(23-4)21-14(19-11)10(17)8-18-21/h7-8,12H,5-6,9H2,1-4H3. The summed E-state index contributed by atoms with van der Waals surface area (Å²) < 4.78 is 13.4. The van der Waals surface area contributed by atoms with Crippen LogP contribution in [0.2, 0.25) is 0 Å². The molecule has 1 unspecified atom stereocenters. The van der Waals surface area contributed by atoms with Gasteiger partial charge in [0.2, 0.25) is 5.88 Å². The number of rotatable bonds is 2. The highest BCUT2D eigenvalue weighted by Gasteiger charge is 2.30. The second kappa shape index (κ2) is 7.03. The highest BCUT2D eigenvalue weighted by Crippen LogP contribution is 2.35. The van der Waals surface area contributed by atoms with Crippen LogP contribution in [0.25, 0.3) is 5.65 Å². The van der Waals surface area contributed by atoms with Crippen LogP contribution < -0.4 is 4.74 Å². The van der Waals surface area contributed by atoms with Crippen molar-refractivity contribution in [2.45, 2.75) is 31.6 Å². The average molecular weight is 429 g/mol. The number of thioether (sulfide) groups is 1. The molecule has 1 fully saturated rings. The summed E-state index contributed by atoms with van der Waals surface area (Å²) in [6, 6.07) is 1.88. The van der Waals surface area contributed by atoms with Gasteiger partial charge in [0.25, 0.3) is 0 Å². The molecule has 0 saturated carbocycles. The molecular weight excluding hydrogens is 408 g/mol. The van der Waals surface area contributed by atoms with E-state index in [0.717, 1.165) is 15.9 Å².